The molecule has 3 rings (SSSR count). The van der Waals surface area contributed by atoms with Gasteiger partial charge in [-0.3, -0.25) is 0 Å². The van der Waals surface area contributed by atoms with E-state index in [-0.39, 0.29) is 0 Å². The second-order valence-corrected chi connectivity index (χ2v) is 7.26. The number of aliphatic hydroxyl groups excluding tert-OH is 1. The molecule has 0 aromatic heterocycles. The minimum Gasteiger partial charge on any atom is -0.396 e. The van der Waals surface area contributed by atoms with Crippen LogP contribution in [0.15, 0.2) is 0 Å². The Morgan fingerprint density at radius 2 is 1.74 bits per heavy atom. The highest BCUT2D eigenvalue weighted by Gasteiger charge is 2.37. The van der Waals surface area contributed by atoms with Gasteiger partial charge in [-0.2, -0.15) is 0 Å². The number of rotatable bonds is 6. The van der Waals surface area contributed by atoms with Crippen molar-refractivity contribution in [2.24, 2.45) is 11.3 Å². The van der Waals surface area contributed by atoms with E-state index in [4.69, 9.17) is 0 Å². The third-order valence-corrected chi connectivity index (χ3v) is 5.53. The van der Waals surface area contributed by atoms with Crippen LogP contribution in [0.3, 0.4) is 0 Å². The highest BCUT2D eigenvalue weighted by molar-refractivity contribution is 4.93. The van der Waals surface area contributed by atoms with Crippen LogP contribution in [0.1, 0.15) is 51.4 Å². The number of nitrogens with zero attached hydrogens (tertiary/aromatic N) is 1. The lowest BCUT2D eigenvalue weighted by molar-refractivity contribution is 0.0890. The molecule has 2 N–H and O–H groups in total. The molecule has 1 aliphatic heterocycles. The topological polar surface area (TPSA) is 35.5 Å². The zero-order valence-electron chi connectivity index (χ0n) is 12.2. The van der Waals surface area contributed by atoms with Gasteiger partial charge in [0.15, 0.2) is 0 Å². The Labute approximate surface area is 117 Å². The van der Waals surface area contributed by atoms with Crippen molar-refractivity contribution in [2.75, 3.05) is 32.8 Å². The molecule has 3 heteroatoms. The summed E-state index contributed by atoms with van der Waals surface area (Å²) in [5.74, 6) is 0.570. The minimum atomic E-state index is 0.391. The SMILES string of the molecule is OCC1CCN(CC2(CNC3CC3)CCCC2)CC1. The molecule has 3 nitrogen and oxygen atoms in total. The van der Waals surface area contributed by atoms with E-state index in [1.165, 1.54) is 77.5 Å². The zero-order valence-corrected chi connectivity index (χ0v) is 12.2. The van der Waals surface area contributed by atoms with Crippen LogP contribution < -0.4 is 5.32 Å². The first-order valence-corrected chi connectivity index (χ1v) is 8.36. The lowest BCUT2D eigenvalue weighted by Crippen LogP contribution is -2.46. The molecule has 110 valence electrons. The largest absolute Gasteiger partial charge is 0.396 e. The number of likely N-dealkylation sites (tertiary alicyclic amines) is 1. The van der Waals surface area contributed by atoms with Crippen molar-refractivity contribution in [1.29, 1.82) is 0 Å². The van der Waals surface area contributed by atoms with Crippen LogP contribution >= 0.6 is 0 Å². The average molecular weight is 266 g/mol. The summed E-state index contributed by atoms with van der Waals surface area (Å²) in [6.07, 6.45) is 10.9. The van der Waals surface area contributed by atoms with Gasteiger partial charge in [-0.05, 0) is 62.9 Å². The quantitative estimate of drug-likeness (QED) is 0.772. The van der Waals surface area contributed by atoms with E-state index in [0.717, 1.165) is 6.04 Å². The fourth-order valence-corrected chi connectivity index (χ4v) is 3.97. The summed E-state index contributed by atoms with van der Waals surface area (Å²) in [5.41, 5.74) is 0.564. The molecule has 3 fully saturated rings. The molecule has 2 saturated carbocycles. The molecule has 1 saturated heterocycles. The summed E-state index contributed by atoms with van der Waals surface area (Å²) in [6, 6.07) is 0.845. The average Bonchev–Trinajstić information content (AvgIpc) is 3.17. The van der Waals surface area contributed by atoms with Gasteiger partial charge in [0.2, 0.25) is 0 Å². The summed E-state index contributed by atoms with van der Waals surface area (Å²) in [4.78, 5) is 2.67. The Hall–Kier alpha value is -0.120. The number of nitrogens with one attached hydrogen (secondary N) is 1. The van der Waals surface area contributed by atoms with E-state index in [1.807, 2.05) is 0 Å². The molecular formula is C16H30N2O. The number of hydrogen-bond acceptors (Lipinski definition) is 3. The standard InChI is InChI=1S/C16H30N2O/c19-11-14-5-9-18(10-6-14)13-16(7-1-2-8-16)12-17-15-3-4-15/h14-15,17,19H,1-13H2. The first-order chi connectivity index (χ1) is 9.30. The fraction of sp³-hybridized carbons (Fsp3) is 1.00. The number of hydrogen-bond donors (Lipinski definition) is 2. The third kappa shape index (κ3) is 3.71. The molecule has 2 aliphatic carbocycles. The summed E-state index contributed by atoms with van der Waals surface area (Å²) in [6.45, 7) is 5.34. The molecule has 0 spiro atoms. The van der Waals surface area contributed by atoms with Crippen LogP contribution in [0.25, 0.3) is 0 Å². The smallest absolute Gasteiger partial charge is 0.0460 e. The fourth-order valence-electron chi connectivity index (χ4n) is 3.97. The highest BCUT2D eigenvalue weighted by atomic mass is 16.3. The van der Waals surface area contributed by atoms with Crippen LogP contribution in [0.4, 0.5) is 0 Å². The molecule has 19 heavy (non-hydrogen) atoms. The molecule has 0 bridgehead atoms. The second kappa shape index (κ2) is 6.11. The maximum absolute atomic E-state index is 9.24. The van der Waals surface area contributed by atoms with Gasteiger partial charge in [0, 0.05) is 25.7 Å². The summed E-state index contributed by atoms with van der Waals surface area (Å²) in [5, 5.41) is 13.0. The van der Waals surface area contributed by atoms with Crippen LogP contribution in [0.5, 0.6) is 0 Å². The molecule has 0 amide bonds. The Morgan fingerprint density at radius 1 is 1.05 bits per heavy atom. The third-order valence-electron chi connectivity index (χ3n) is 5.53. The first-order valence-electron chi connectivity index (χ1n) is 8.36. The van der Waals surface area contributed by atoms with Crippen molar-refractivity contribution >= 4 is 0 Å². The van der Waals surface area contributed by atoms with E-state index in [2.05, 4.69) is 10.2 Å². The van der Waals surface area contributed by atoms with Gasteiger partial charge in [-0.15, -0.1) is 0 Å². The lowest BCUT2D eigenvalue weighted by Gasteiger charge is -2.39. The summed E-state index contributed by atoms with van der Waals surface area (Å²) in [7, 11) is 0. The van der Waals surface area contributed by atoms with Gasteiger partial charge in [-0.25, -0.2) is 0 Å². The predicted molar refractivity (Wildman–Crippen MR) is 78.2 cm³/mol. The Balaban J connectivity index is 1.49. The van der Waals surface area contributed by atoms with Crippen molar-refractivity contribution in [3.05, 3.63) is 0 Å². The van der Waals surface area contributed by atoms with Gasteiger partial charge < -0.3 is 15.3 Å². The highest BCUT2D eigenvalue weighted by Crippen LogP contribution is 2.39. The van der Waals surface area contributed by atoms with Gasteiger partial charge in [0.25, 0.3) is 0 Å². The minimum absolute atomic E-state index is 0.391. The van der Waals surface area contributed by atoms with E-state index in [1.54, 1.807) is 0 Å². The number of aliphatic hydroxyl groups is 1. The molecular weight excluding hydrogens is 236 g/mol. The van der Waals surface area contributed by atoms with Crippen molar-refractivity contribution < 1.29 is 5.11 Å². The van der Waals surface area contributed by atoms with Gasteiger partial charge >= 0.3 is 0 Å². The zero-order chi connectivity index (χ0) is 13.1. The summed E-state index contributed by atoms with van der Waals surface area (Å²) >= 11 is 0. The van der Waals surface area contributed by atoms with Crippen LogP contribution in [0.2, 0.25) is 0 Å². The van der Waals surface area contributed by atoms with Gasteiger partial charge in [-0.1, -0.05) is 12.8 Å². The second-order valence-electron chi connectivity index (χ2n) is 7.26. The molecule has 3 aliphatic rings. The van der Waals surface area contributed by atoms with E-state index in [9.17, 15) is 5.11 Å². The molecule has 0 unspecified atom stereocenters. The van der Waals surface area contributed by atoms with Crippen LogP contribution in [-0.4, -0.2) is 48.8 Å². The Kier molecular flexibility index (Phi) is 4.45. The normalized spacial score (nSPS) is 28.9. The molecule has 0 aromatic rings. The number of piperidine rings is 1. The van der Waals surface area contributed by atoms with Crippen LogP contribution in [-0.2, 0) is 0 Å². The van der Waals surface area contributed by atoms with Gasteiger partial charge in [0.1, 0.15) is 0 Å². The van der Waals surface area contributed by atoms with Crippen molar-refractivity contribution in [2.45, 2.75) is 57.4 Å². The molecule has 0 radical (unpaired) electrons. The predicted octanol–water partition coefficient (Wildman–Crippen LogP) is 2.00. The van der Waals surface area contributed by atoms with E-state index >= 15 is 0 Å². The summed E-state index contributed by atoms with van der Waals surface area (Å²) < 4.78 is 0. The maximum Gasteiger partial charge on any atom is 0.0460 e. The monoisotopic (exact) mass is 266 g/mol. The first kappa shape index (κ1) is 13.8. The molecule has 0 aromatic carbocycles. The Bertz CT molecular complexity index is 276. The van der Waals surface area contributed by atoms with Crippen molar-refractivity contribution in [3.63, 3.8) is 0 Å². The van der Waals surface area contributed by atoms with Crippen molar-refractivity contribution in [1.82, 2.24) is 10.2 Å². The molecule has 0 atom stereocenters. The van der Waals surface area contributed by atoms with Crippen molar-refractivity contribution in [3.8, 4) is 0 Å². The Morgan fingerprint density at radius 3 is 2.32 bits per heavy atom. The lowest BCUT2D eigenvalue weighted by atomic mass is 9.84. The maximum atomic E-state index is 9.24. The molecule has 1 heterocycles. The van der Waals surface area contributed by atoms with E-state index in [0.29, 0.717) is 17.9 Å². The van der Waals surface area contributed by atoms with E-state index < -0.39 is 0 Å². The van der Waals surface area contributed by atoms with Gasteiger partial charge in [0.05, 0.1) is 0 Å². The van der Waals surface area contributed by atoms with Crippen LogP contribution in [0, 0.1) is 11.3 Å².